The molecule has 3 atom stereocenters. The van der Waals surface area contributed by atoms with Crippen LogP contribution in [0.2, 0.25) is 0 Å². The minimum atomic E-state index is -3.24. The summed E-state index contributed by atoms with van der Waals surface area (Å²) in [5.74, 6) is -3.65. The summed E-state index contributed by atoms with van der Waals surface area (Å²) < 4.78 is 39.5. The molecular formula is C30H30FNO6S. The SMILES string of the molecule is Cc1c(F)cccc1C1C(C(=O)c2cccc(O)c2)CN(C2CCS(=O)(=O)C2)CC1C(=O)c1cccc(O)c1. The second-order valence-corrected chi connectivity index (χ2v) is 12.8. The van der Waals surface area contributed by atoms with Crippen molar-refractivity contribution in [3.63, 3.8) is 0 Å². The van der Waals surface area contributed by atoms with Crippen molar-refractivity contribution < 1.29 is 32.6 Å². The van der Waals surface area contributed by atoms with Crippen molar-refractivity contribution in [3.8, 4) is 11.5 Å². The van der Waals surface area contributed by atoms with Crippen LogP contribution in [0.25, 0.3) is 0 Å². The highest BCUT2D eigenvalue weighted by Crippen LogP contribution is 2.44. The fourth-order valence-corrected chi connectivity index (χ4v) is 7.87. The van der Waals surface area contributed by atoms with Gasteiger partial charge in [0.15, 0.2) is 21.4 Å². The van der Waals surface area contributed by atoms with E-state index < -0.39 is 33.4 Å². The molecule has 204 valence electrons. The molecular weight excluding hydrogens is 521 g/mol. The molecule has 0 amide bonds. The largest absolute Gasteiger partial charge is 0.508 e. The van der Waals surface area contributed by atoms with Crippen molar-refractivity contribution in [1.82, 2.24) is 4.90 Å². The molecule has 7 nitrogen and oxygen atoms in total. The third kappa shape index (κ3) is 5.46. The Bertz CT molecular complexity index is 1470. The second kappa shape index (κ2) is 10.5. The van der Waals surface area contributed by atoms with Gasteiger partial charge in [0.1, 0.15) is 17.3 Å². The van der Waals surface area contributed by atoms with Gasteiger partial charge in [0.05, 0.1) is 11.5 Å². The predicted molar refractivity (Wildman–Crippen MR) is 144 cm³/mol. The molecule has 2 aliphatic rings. The van der Waals surface area contributed by atoms with Crippen LogP contribution >= 0.6 is 0 Å². The van der Waals surface area contributed by atoms with Gasteiger partial charge >= 0.3 is 0 Å². The molecule has 39 heavy (non-hydrogen) atoms. The number of phenolic OH excluding ortho intramolecular Hbond substituents is 2. The number of hydrogen-bond donors (Lipinski definition) is 2. The third-order valence-corrected chi connectivity index (χ3v) is 9.81. The number of benzene rings is 3. The van der Waals surface area contributed by atoms with Crippen LogP contribution in [0.1, 0.15) is 44.2 Å². The maximum Gasteiger partial charge on any atom is 0.167 e. The number of Topliss-reactive ketones (excluding diaryl/α,β-unsaturated/α-hetero) is 2. The number of phenols is 2. The van der Waals surface area contributed by atoms with Gasteiger partial charge in [0.2, 0.25) is 0 Å². The van der Waals surface area contributed by atoms with Gasteiger partial charge in [-0.25, -0.2) is 12.8 Å². The van der Waals surface area contributed by atoms with Gasteiger partial charge in [0, 0.05) is 48.0 Å². The lowest BCUT2D eigenvalue weighted by Gasteiger charge is -2.45. The summed E-state index contributed by atoms with van der Waals surface area (Å²) in [6.07, 6.45) is 0.395. The first kappa shape index (κ1) is 27.0. The Kier molecular flexibility index (Phi) is 7.31. The lowest BCUT2D eigenvalue weighted by molar-refractivity contribution is 0.0484. The van der Waals surface area contributed by atoms with Crippen LogP contribution in [0.15, 0.2) is 66.7 Å². The Morgan fingerprint density at radius 1 is 0.872 bits per heavy atom. The molecule has 5 rings (SSSR count). The van der Waals surface area contributed by atoms with Crippen LogP contribution in [-0.4, -0.2) is 65.7 Å². The quantitative estimate of drug-likeness (QED) is 0.443. The van der Waals surface area contributed by atoms with E-state index in [1.165, 1.54) is 30.3 Å². The number of rotatable bonds is 6. The van der Waals surface area contributed by atoms with E-state index in [1.54, 1.807) is 43.3 Å². The van der Waals surface area contributed by atoms with Gasteiger partial charge in [0.25, 0.3) is 0 Å². The van der Waals surface area contributed by atoms with Gasteiger partial charge in [-0.15, -0.1) is 0 Å². The van der Waals surface area contributed by atoms with E-state index in [4.69, 9.17) is 0 Å². The Labute approximate surface area is 226 Å². The number of ketones is 2. The highest BCUT2D eigenvalue weighted by Gasteiger charge is 2.48. The molecule has 0 saturated carbocycles. The van der Waals surface area contributed by atoms with Crippen molar-refractivity contribution in [2.45, 2.75) is 25.3 Å². The number of carbonyl (C=O) groups excluding carboxylic acids is 2. The molecule has 2 heterocycles. The van der Waals surface area contributed by atoms with Crippen LogP contribution < -0.4 is 0 Å². The highest BCUT2D eigenvalue weighted by atomic mass is 32.2. The first-order valence-corrected chi connectivity index (χ1v) is 14.7. The Morgan fingerprint density at radius 2 is 1.41 bits per heavy atom. The lowest BCUT2D eigenvalue weighted by Crippen LogP contribution is -2.54. The zero-order valence-electron chi connectivity index (χ0n) is 21.5. The number of carbonyl (C=O) groups is 2. The van der Waals surface area contributed by atoms with Crippen molar-refractivity contribution >= 4 is 21.4 Å². The summed E-state index contributed by atoms with van der Waals surface area (Å²) in [7, 11) is -3.24. The van der Waals surface area contributed by atoms with Crippen LogP contribution in [-0.2, 0) is 9.84 Å². The molecule has 2 aliphatic heterocycles. The molecule has 0 radical (unpaired) electrons. The number of halogens is 1. The smallest absolute Gasteiger partial charge is 0.167 e. The van der Waals surface area contributed by atoms with Crippen LogP contribution in [0.3, 0.4) is 0 Å². The van der Waals surface area contributed by atoms with Crippen LogP contribution in [0.5, 0.6) is 11.5 Å². The summed E-state index contributed by atoms with van der Waals surface area (Å²) in [6, 6.07) is 16.2. The number of piperidine rings is 1. The molecule has 0 aliphatic carbocycles. The number of aromatic hydroxyl groups is 2. The molecule has 9 heteroatoms. The summed E-state index contributed by atoms with van der Waals surface area (Å²) in [5.41, 5.74) is 1.37. The molecule has 2 fully saturated rings. The summed E-state index contributed by atoms with van der Waals surface area (Å²) in [6.45, 7) is 1.98. The average molecular weight is 552 g/mol. The first-order valence-electron chi connectivity index (χ1n) is 12.9. The maximum atomic E-state index is 14.8. The molecule has 2 saturated heterocycles. The fourth-order valence-electron chi connectivity index (χ4n) is 6.11. The van der Waals surface area contributed by atoms with E-state index in [1.807, 2.05) is 4.90 Å². The van der Waals surface area contributed by atoms with Crippen LogP contribution in [0.4, 0.5) is 4.39 Å². The average Bonchev–Trinajstić information content (AvgIpc) is 3.28. The van der Waals surface area contributed by atoms with Crippen molar-refractivity contribution in [2.24, 2.45) is 11.8 Å². The Balaban J connectivity index is 1.66. The summed E-state index contributed by atoms with van der Waals surface area (Å²) in [5, 5.41) is 20.1. The van der Waals surface area contributed by atoms with Gasteiger partial charge < -0.3 is 10.2 Å². The number of hydrogen-bond acceptors (Lipinski definition) is 7. The number of likely N-dealkylation sites (tertiary alicyclic amines) is 1. The number of nitrogens with zero attached hydrogens (tertiary/aromatic N) is 1. The topological polar surface area (TPSA) is 112 Å². The Hall–Kier alpha value is -3.56. The maximum absolute atomic E-state index is 14.8. The Morgan fingerprint density at radius 3 is 1.90 bits per heavy atom. The zero-order valence-corrected chi connectivity index (χ0v) is 22.3. The van der Waals surface area contributed by atoms with Crippen molar-refractivity contribution in [1.29, 1.82) is 0 Å². The minimum absolute atomic E-state index is 0.0386. The molecule has 0 bridgehead atoms. The number of sulfone groups is 1. The van der Waals surface area contributed by atoms with E-state index in [0.717, 1.165) is 0 Å². The lowest BCUT2D eigenvalue weighted by atomic mass is 9.67. The first-order chi connectivity index (χ1) is 18.5. The highest BCUT2D eigenvalue weighted by molar-refractivity contribution is 7.91. The zero-order chi connectivity index (χ0) is 27.9. The molecule has 2 N–H and O–H groups in total. The molecule has 3 aromatic rings. The van der Waals surface area contributed by atoms with Gasteiger partial charge in [-0.1, -0.05) is 36.4 Å². The standard InChI is InChI=1S/C30H30FNO6S/c1-18-24(9-4-10-27(18)31)28-25(29(35)19-5-2-7-22(33)13-19)15-32(21-11-12-39(37,38)17-21)16-26(28)30(36)20-6-3-8-23(34)14-20/h2-10,13-14,21,25-26,28,33-34H,11-12,15-17H2,1H3. The van der Waals surface area contributed by atoms with E-state index in [9.17, 15) is 32.6 Å². The van der Waals surface area contributed by atoms with Crippen molar-refractivity contribution in [3.05, 3.63) is 94.8 Å². The fraction of sp³-hybridized carbons (Fsp3) is 0.333. The van der Waals surface area contributed by atoms with Gasteiger partial charge in [-0.05, 0) is 54.8 Å². The van der Waals surface area contributed by atoms with E-state index in [2.05, 4.69) is 0 Å². The van der Waals surface area contributed by atoms with Crippen LogP contribution in [0, 0.1) is 24.6 Å². The summed E-state index contributed by atoms with van der Waals surface area (Å²) in [4.78, 5) is 30.1. The summed E-state index contributed by atoms with van der Waals surface area (Å²) >= 11 is 0. The monoisotopic (exact) mass is 551 g/mol. The van der Waals surface area contributed by atoms with Gasteiger partial charge in [-0.3, -0.25) is 14.5 Å². The molecule has 0 spiro atoms. The van der Waals surface area contributed by atoms with E-state index >= 15 is 0 Å². The molecule has 3 unspecified atom stereocenters. The normalized spacial score (nSPS) is 24.9. The third-order valence-electron chi connectivity index (χ3n) is 8.06. The predicted octanol–water partition coefficient (Wildman–Crippen LogP) is 4.13. The second-order valence-electron chi connectivity index (χ2n) is 10.5. The van der Waals surface area contributed by atoms with Crippen molar-refractivity contribution in [2.75, 3.05) is 24.6 Å². The molecule has 3 aromatic carbocycles. The van der Waals surface area contributed by atoms with Gasteiger partial charge in [-0.2, -0.15) is 0 Å². The molecule has 0 aromatic heterocycles. The minimum Gasteiger partial charge on any atom is -0.508 e. The van der Waals surface area contributed by atoms with E-state index in [0.29, 0.717) is 17.5 Å². The van der Waals surface area contributed by atoms with E-state index in [-0.39, 0.29) is 64.8 Å².